The van der Waals surface area contributed by atoms with Gasteiger partial charge in [-0.25, -0.2) is 4.39 Å². The summed E-state index contributed by atoms with van der Waals surface area (Å²) in [6.07, 6.45) is 6.92. The van der Waals surface area contributed by atoms with E-state index in [1.54, 1.807) is 24.3 Å². The number of alkyl halides is 2. The molecule has 1 aromatic carbocycles. The zero-order valence-electron chi connectivity index (χ0n) is 21.7. The van der Waals surface area contributed by atoms with Crippen LogP contribution < -0.4 is 16.0 Å². The summed E-state index contributed by atoms with van der Waals surface area (Å²) in [5.74, 6) is -3.20. The fourth-order valence-corrected chi connectivity index (χ4v) is 8.73. The summed E-state index contributed by atoms with van der Waals surface area (Å²) in [4.78, 5) is 28.3. The van der Waals surface area contributed by atoms with E-state index in [9.17, 15) is 23.5 Å². The van der Waals surface area contributed by atoms with E-state index in [0.717, 1.165) is 0 Å². The quantitative estimate of drug-likeness (QED) is 0.409. The van der Waals surface area contributed by atoms with Crippen molar-refractivity contribution in [2.24, 2.45) is 16.7 Å². The minimum atomic E-state index is -1.47. The van der Waals surface area contributed by atoms with Crippen molar-refractivity contribution in [2.75, 3.05) is 13.3 Å². The minimum Gasteiger partial charge on any atom is -0.393 e. The number of hydrogen-bond donors (Lipinski definition) is 4. The predicted octanol–water partition coefficient (Wildman–Crippen LogP) is 4.21. The number of allylic oxidation sites excluding steroid dienone is 2. The van der Waals surface area contributed by atoms with Crippen LogP contribution >= 0.6 is 23.2 Å². The second-order valence-corrected chi connectivity index (χ2v) is 13.1. The van der Waals surface area contributed by atoms with Crippen LogP contribution in [0, 0.1) is 22.6 Å². The number of amides is 2. The van der Waals surface area contributed by atoms with Gasteiger partial charge in [-0.3, -0.25) is 23.7 Å². The molecule has 2 saturated heterocycles. The fourth-order valence-electron chi connectivity index (χ4n) is 8.34. The summed E-state index contributed by atoms with van der Waals surface area (Å²) in [5.41, 5.74) is -3.86. The van der Waals surface area contributed by atoms with Crippen molar-refractivity contribution in [1.29, 1.82) is 0 Å². The van der Waals surface area contributed by atoms with Gasteiger partial charge in [0.2, 0.25) is 11.8 Å². The summed E-state index contributed by atoms with van der Waals surface area (Å²) < 4.78 is 44.3. The summed E-state index contributed by atoms with van der Waals surface area (Å²) >= 11 is 12.5. The smallest absolute Gasteiger partial charge is 0.238 e. The molecule has 6 nitrogen and oxygen atoms in total. The molecule has 0 radical (unpaired) electrons. The van der Waals surface area contributed by atoms with Gasteiger partial charge in [-0.15, -0.1) is 0 Å². The van der Waals surface area contributed by atoms with Crippen LogP contribution in [-0.4, -0.2) is 60.0 Å². The van der Waals surface area contributed by atoms with Gasteiger partial charge in [-0.1, -0.05) is 41.4 Å². The zero-order valence-corrected chi connectivity index (χ0v) is 23.3. The summed E-state index contributed by atoms with van der Waals surface area (Å²) in [6.45, 7) is -1.84. The van der Waals surface area contributed by atoms with Gasteiger partial charge in [0.25, 0.3) is 0 Å². The Bertz CT molecular complexity index is 1270. The third-order valence-corrected chi connectivity index (χ3v) is 10.5. The first-order valence-electron chi connectivity index (χ1n) is 13.8. The Labute approximate surface area is 240 Å². The molecule has 2 spiro atoms. The van der Waals surface area contributed by atoms with E-state index in [2.05, 4.69) is 16.0 Å². The molecule has 11 heteroatoms. The Balaban J connectivity index is 1.50. The van der Waals surface area contributed by atoms with Crippen LogP contribution in [0.1, 0.15) is 50.0 Å². The summed E-state index contributed by atoms with van der Waals surface area (Å²) in [7, 11) is 0. The van der Waals surface area contributed by atoms with Crippen LogP contribution in [0.4, 0.5) is 13.2 Å². The van der Waals surface area contributed by atoms with Crippen LogP contribution in [-0.2, 0) is 9.59 Å². The number of benzene rings is 1. The Morgan fingerprint density at radius 3 is 2.50 bits per heavy atom. The van der Waals surface area contributed by atoms with Crippen LogP contribution in [0.3, 0.4) is 0 Å². The molecule has 4 N–H and O–H groups in total. The van der Waals surface area contributed by atoms with E-state index in [1.165, 1.54) is 12.1 Å². The lowest BCUT2D eigenvalue weighted by molar-refractivity contribution is -0.146. The topological polar surface area (TPSA) is 90.5 Å². The van der Waals surface area contributed by atoms with Crippen molar-refractivity contribution in [2.45, 2.75) is 74.2 Å². The first kappa shape index (κ1) is 28.1. The van der Waals surface area contributed by atoms with E-state index >= 15 is 4.39 Å². The standard InChI is InChI=1S/C29H32Cl2F3N3O3/c30-15-4-9-19-21(10-15)36-26(40)29(19)22(18-2-1-3-20(31)23(18)34)24(25(39)35-16-5-7-17(38)8-6-16)37-28(29)11-27(12-28,13-32)14-33/h1-4,9-10,16-17,19,21-22,24,37-38H,5-8,11-14H2,(H,35,39)(H,36,40)/t16-,17-,19?,21?,22-,24+,29+/m0/s1. The number of fused-ring (bicyclic) bond motifs is 3. The van der Waals surface area contributed by atoms with Gasteiger partial charge >= 0.3 is 0 Å². The molecule has 5 aliphatic rings. The van der Waals surface area contributed by atoms with Gasteiger partial charge in [-0.05, 0) is 62.3 Å². The van der Waals surface area contributed by atoms with E-state index in [1.807, 2.05) is 0 Å². The number of hydrogen-bond acceptors (Lipinski definition) is 4. The van der Waals surface area contributed by atoms with Crippen LogP contribution in [0.15, 0.2) is 41.5 Å². The SMILES string of the molecule is O=C(N[C@H]1CC[C@H](O)CC1)[C@@H]1NC2(CC(CF)(CF)C2)[C@@]2(C(=O)NC3C=C(Cl)C=CC32)[C@H]1c1cccc(Cl)c1F. The van der Waals surface area contributed by atoms with Crippen LogP contribution in [0.2, 0.25) is 5.02 Å². The molecule has 2 heterocycles. The van der Waals surface area contributed by atoms with Gasteiger partial charge in [0, 0.05) is 33.9 Å². The number of nitrogens with one attached hydrogen (secondary N) is 3. The van der Waals surface area contributed by atoms with Crippen LogP contribution in [0.5, 0.6) is 0 Å². The average Bonchev–Trinajstić information content (AvgIpc) is 3.38. The molecular formula is C29H32Cl2F3N3O3. The molecule has 5 atom stereocenters. The Kier molecular flexibility index (Phi) is 7.04. The molecule has 1 aromatic rings. The highest BCUT2D eigenvalue weighted by atomic mass is 35.5. The maximum absolute atomic E-state index is 15.9. The third kappa shape index (κ3) is 3.98. The molecule has 2 amide bonds. The molecule has 40 heavy (non-hydrogen) atoms. The van der Waals surface area contributed by atoms with Gasteiger partial charge < -0.3 is 15.7 Å². The maximum Gasteiger partial charge on any atom is 0.238 e. The average molecular weight is 598 g/mol. The Hall–Kier alpha value is -2.07. The zero-order chi connectivity index (χ0) is 28.4. The highest BCUT2D eigenvalue weighted by Crippen LogP contribution is 2.70. The second-order valence-electron chi connectivity index (χ2n) is 12.3. The van der Waals surface area contributed by atoms with E-state index < -0.39 is 77.4 Å². The van der Waals surface area contributed by atoms with E-state index in [4.69, 9.17) is 23.2 Å². The van der Waals surface area contributed by atoms with Gasteiger partial charge in [-0.2, -0.15) is 0 Å². The highest BCUT2D eigenvalue weighted by molar-refractivity contribution is 6.31. The van der Waals surface area contributed by atoms with Gasteiger partial charge in [0.15, 0.2) is 0 Å². The second kappa shape index (κ2) is 10.0. The molecular weight excluding hydrogens is 566 g/mol. The molecule has 6 rings (SSSR count). The lowest BCUT2D eigenvalue weighted by Gasteiger charge is -2.60. The van der Waals surface area contributed by atoms with Crippen molar-refractivity contribution in [1.82, 2.24) is 16.0 Å². The van der Waals surface area contributed by atoms with Gasteiger partial charge in [0.1, 0.15) is 5.82 Å². The number of rotatable bonds is 5. The highest BCUT2D eigenvalue weighted by Gasteiger charge is 2.80. The summed E-state index contributed by atoms with van der Waals surface area (Å²) in [5, 5.41) is 19.6. The first-order valence-corrected chi connectivity index (χ1v) is 14.5. The van der Waals surface area contributed by atoms with Crippen molar-refractivity contribution in [3.8, 4) is 0 Å². The predicted molar refractivity (Wildman–Crippen MR) is 145 cm³/mol. The summed E-state index contributed by atoms with van der Waals surface area (Å²) in [6, 6.07) is 2.67. The Morgan fingerprint density at radius 2 is 1.82 bits per heavy atom. The number of aliphatic hydroxyl groups is 1. The molecule has 2 aliphatic heterocycles. The lowest BCUT2D eigenvalue weighted by atomic mass is 9.44. The van der Waals surface area contributed by atoms with Crippen LogP contribution in [0.25, 0.3) is 0 Å². The first-order chi connectivity index (χ1) is 19.1. The third-order valence-electron chi connectivity index (χ3n) is 10.00. The Morgan fingerprint density at radius 1 is 1.12 bits per heavy atom. The van der Waals surface area contributed by atoms with Gasteiger partial charge in [0.05, 0.1) is 42.0 Å². The van der Waals surface area contributed by atoms with E-state index in [-0.39, 0.29) is 29.5 Å². The number of carbonyl (C=O) groups excluding carboxylic acids is 2. The fraction of sp³-hybridized carbons (Fsp3) is 0.586. The molecule has 4 fully saturated rings. The lowest BCUT2D eigenvalue weighted by Crippen LogP contribution is -2.70. The normalized spacial score (nSPS) is 37.1. The van der Waals surface area contributed by atoms with Crippen molar-refractivity contribution in [3.63, 3.8) is 0 Å². The van der Waals surface area contributed by atoms with Crippen molar-refractivity contribution < 1.29 is 27.9 Å². The number of aliphatic hydroxyl groups excluding tert-OH is 1. The molecule has 3 aliphatic carbocycles. The largest absolute Gasteiger partial charge is 0.393 e. The van der Waals surface area contributed by atoms with E-state index in [0.29, 0.717) is 30.7 Å². The molecule has 216 valence electrons. The number of halogens is 5. The van der Waals surface area contributed by atoms with Crippen molar-refractivity contribution in [3.05, 3.63) is 57.9 Å². The molecule has 0 aromatic heterocycles. The van der Waals surface area contributed by atoms with Crippen molar-refractivity contribution >= 4 is 35.0 Å². The molecule has 0 bridgehead atoms. The monoisotopic (exact) mass is 597 g/mol. The number of carbonyl (C=O) groups is 2. The minimum absolute atomic E-state index is 0.0347. The maximum atomic E-state index is 15.9. The molecule has 2 saturated carbocycles. The molecule has 2 unspecified atom stereocenters.